The first-order chi connectivity index (χ1) is 36.7. The Balaban J connectivity index is 0.988. The topological polar surface area (TPSA) is 14.7 Å². The molecular weight excluding hydrogens is 896 g/mol. The molecule has 6 unspecified atom stereocenters. The lowest BCUT2D eigenvalue weighted by Gasteiger charge is -2.92. The van der Waals surface area contributed by atoms with Crippen molar-refractivity contribution in [2.24, 2.45) is 29.1 Å². The Kier molecular flexibility index (Phi) is 7.15. The van der Waals surface area contributed by atoms with E-state index in [1.807, 2.05) is 0 Å². The van der Waals surface area contributed by atoms with Gasteiger partial charge in [-0.05, 0) is 165 Å². The number of para-hydroxylation sites is 5. The van der Waals surface area contributed by atoms with E-state index in [0.717, 1.165) is 11.8 Å². The Morgan fingerprint density at radius 3 is 1.82 bits per heavy atom. The van der Waals surface area contributed by atoms with E-state index in [1.165, 1.54) is 125 Å². The van der Waals surface area contributed by atoms with Crippen LogP contribution in [-0.4, -0.2) is 17.3 Å². The molecule has 9 aromatic carbocycles. The smallest absolute Gasteiger partial charge is 0.252 e. The third kappa shape index (κ3) is 4.33. The highest BCUT2D eigenvalue weighted by atomic mass is 15.2. The fraction of sp³-hybridized carbons (Fsp3) is 0.159. The third-order valence-corrected chi connectivity index (χ3v) is 20.7. The average Bonchev–Trinajstić information content (AvgIpc) is 2.79. The van der Waals surface area contributed by atoms with Crippen molar-refractivity contribution in [1.29, 1.82) is 0 Å². The zero-order valence-corrected chi connectivity index (χ0v) is 40.8. The first-order valence-corrected chi connectivity index (χ1v) is 27.2. The average molecular weight is 945 g/mol. The molecule has 9 aliphatic rings. The van der Waals surface area contributed by atoms with Gasteiger partial charge in [0.25, 0.3) is 6.71 Å². The molecule has 74 heavy (non-hydrogen) atoms. The zero-order chi connectivity index (χ0) is 47.8. The van der Waals surface area contributed by atoms with Gasteiger partial charge < -0.3 is 19.3 Å². The molecule has 3 aliphatic heterocycles. The van der Waals surface area contributed by atoms with Crippen LogP contribution in [0.25, 0.3) is 38.6 Å². The van der Waals surface area contributed by atoms with Gasteiger partial charge in [0.15, 0.2) is 0 Å². The highest BCUT2D eigenvalue weighted by Gasteiger charge is 2.90. The molecule has 0 N–H and O–H groups in total. The van der Waals surface area contributed by atoms with Crippen LogP contribution in [0.4, 0.5) is 45.5 Å². The molecule has 10 aromatic rings. The predicted molar refractivity (Wildman–Crippen MR) is 305 cm³/mol. The highest BCUT2D eigenvalue weighted by Crippen LogP contribution is 2.95. The summed E-state index contributed by atoms with van der Waals surface area (Å²) in [5.41, 5.74) is 26.1. The molecule has 0 bridgehead atoms. The number of aromatic nitrogens is 1. The minimum atomic E-state index is -0.0436. The minimum absolute atomic E-state index is 0.0267. The highest BCUT2D eigenvalue weighted by molar-refractivity contribution is 7.00. The van der Waals surface area contributed by atoms with Gasteiger partial charge >= 0.3 is 0 Å². The quantitative estimate of drug-likeness (QED) is 0.163. The molecule has 4 fully saturated rings. The van der Waals surface area contributed by atoms with E-state index in [1.54, 1.807) is 11.1 Å². The molecule has 0 amide bonds. The van der Waals surface area contributed by atoms with E-state index < -0.39 is 0 Å². The number of nitrogens with zero attached hydrogens (tertiary/aromatic N) is 4. The summed E-state index contributed by atoms with van der Waals surface area (Å²) < 4.78 is 2.50. The van der Waals surface area contributed by atoms with Crippen molar-refractivity contribution < 1.29 is 0 Å². The third-order valence-electron chi connectivity index (χ3n) is 20.7. The number of hydrogen-bond acceptors (Lipinski definition) is 3. The summed E-state index contributed by atoms with van der Waals surface area (Å²) in [5.74, 6) is 3.37. The van der Waals surface area contributed by atoms with Crippen LogP contribution in [0.2, 0.25) is 0 Å². The van der Waals surface area contributed by atoms with Crippen LogP contribution in [0.1, 0.15) is 41.9 Å². The summed E-state index contributed by atoms with van der Waals surface area (Å²) in [5, 5.41) is 2.58. The van der Waals surface area contributed by atoms with Gasteiger partial charge in [0, 0.05) is 73.3 Å². The Hall–Kier alpha value is -8.28. The molecule has 2 spiro atoms. The molecular formula is C69H49BN4. The van der Waals surface area contributed by atoms with E-state index in [-0.39, 0.29) is 24.1 Å². The first-order valence-electron chi connectivity index (χ1n) is 27.2. The standard InChI is InChI=1S/C69H49BN4/c1-5-19-43(20-6-1)71-56-31-17-14-28-48(56)50-36-54-60(39-58(50)71)73(45-23-9-3-10-24-45)62-38-52-47-27-13-16-30-53(47)69(63-34-41-33-42-35-64(69)68(41,42)63)65(52)67-66(62)70(54)55-37-51-49-29-15-18-32-57(49)72(44-21-7-2-8-22-44)59(51)40-61(55)74(67)46-25-11-4-12-26-46/h1-32,36-42,49,57,63-64H,33-35H2. The number of rotatable bonds is 4. The van der Waals surface area contributed by atoms with Gasteiger partial charge in [-0.1, -0.05) is 152 Å². The van der Waals surface area contributed by atoms with Crippen LogP contribution in [0.3, 0.4) is 0 Å². The normalized spacial score (nSPS) is 26.6. The van der Waals surface area contributed by atoms with Gasteiger partial charge in [0.05, 0.1) is 17.1 Å². The van der Waals surface area contributed by atoms with E-state index >= 15 is 0 Å². The van der Waals surface area contributed by atoms with Crippen LogP contribution in [0.5, 0.6) is 0 Å². The van der Waals surface area contributed by atoms with Crippen LogP contribution in [0.15, 0.2) is 224 Å². The number of anilines is 8. The number of fused-ring (bicyclic) bond motifs is 18. The zero-order valence-electron chi connectivity index (χ0n) is 40.8. The minimum Gasteiger partial charge on any atom is -0.333 e. The molecule has 0 radical (unpaired) electrons. The lowest BCUT2D eigenvalue weighted by Crippen LogP contribution is -2.88. The Bertz CT molecular complexity index is 4170. The summed E-state index contributed by atoms with van der Waals surface area (Å²) in [6, 6.07) is 77.2. The van der Waals surface area contributed by atoms with Gasteiger partial charge in [0.2, 0.25) is 0 Å². The van der Waals surface area contributed by atoms with Gasteiger partial charge in [-0.3, -0.25) is 0 Å². The van der Waals surface area contributed by atoms with Gasteiger partial charge in [0.1, 0.15) is 0 Å². The molecule has 0 saturated heterocycles. The second-order valence-corrected chi connectivity index (χ2v) is 23.1. The Morgan fingerprint density at radius 2 is 1.08 bits per heavy atom. The predicted octanol–water partition coefficient (Wildman–Crippen LogP) is 14.5. The fourth-order valence-electron chi connectivity index (χ4n) is 18.2. The van der Waals surface area contributed by atoms with E-state index in [0.29, 0.717) is 17.3 Å². The second kappa shape index (κ2) is 13.5. The molecule has 348 valence electrons. The maximum atomic E-state index is 2.79. The van der Waals surface area contributed by atoms with Crippen molar-refractivity contribution in [2.75, 3.05) is 14.7 Å². The molecule has 1 aromatic heterocycles. The summed E-state index contributed by atoms with van der Waals surface area (Å²) >= 11 is 0. The molecule has 6 atom stereocenters. The molecule has 4 heterocycles. The Morgan fingerprint density at radius 1 is 0.459 bits per heavy atom. The fourth-order valence-corrected chi connectivity index (χ4v) is 18.2. The lowest BCUT2D eigenvalue weighted by atomic mass is 9.11. The maximum Gasteiger partial charge on any atom is 0.252 e. The molecule has 4 saturated carbocycles. The monoisotopic (exact) mass is 944 g/mol. The summed E-state index contributed by atoms with van der Waals surface area (Å²) in [6.45, 7) is -0.0436. The first kappa shape index (κ1) is 39.3. The molecule has 19 rings (SSSR count). The van der Waals surface area contributed by atoms with E-state index in [2.05, 4.69) is 244 Å². The van der Waals surface area contributed by atoms with E-state index in [4.69, 9.17) is 0 Å². The van der Waals surface area contributed by atoms with Gasteiger partial charge in [-0.15, -0.1) is 0 Å². The van der Waals surface area contributed by atoms with Crippen molar-refractivity contribution in [3.8, 4) is 16.8 Å². The summed E-state index contributed by atoms with van der Waals surface area (Å²) in [7, 11) is 0. The van der Waals surface area contributed by atoms with Crippen molar-refractivity contribution >= 4 is 90.4 Å². The van der Waals surface area contributed by atoms with Crippen molar-refractivity contribution in [2.45, 2.75) is 36.6 Å². The van der Waals surface area contributed by atoms with Crippen LogP contribution >= 0.6 is 0 Å². The van der Waals surface area contributed by atoms with Gasteiger partial charge in [-0.25, -0.2) is 0 Å². The molecule has 4 nitrogen and oxygen atoms in total. The molecule has 5 heteroatoms. The largest absolute Gasteiger partial charge is 0.333 e. The molecule has 6 aliphatic carbocycles. The lowest BCUT2D eigenvalue weighted by molar-refractivity contribution is -0.412. The van der Waals surface area contributed by atoms with Crippen LogP contribution in [-0.2, 0) is 5.41 Å². The van der Waals surface area contributed by atoms with Crippen LogP contribution < -0.4 is 31.1 Å². The van der Waals surface area contributed by atoms with Crippen LogP contribution in [0, 0.1) is 29.1 Å². The summed E-state index contributed by atoms with van der Waals surface area (Å²) in [4.78, 5) is 8.10. The van der Waals surface area contributed by atoms with Crippen molar-refractivity contribution in [3.05, 3.63) is 241 Å². The number of allylic oxidation sites excluding steroid dienone is 2. The maximum absolute atomic E-state index is 2.79. The SMILES string of the molecule is C1=CC2c3cc4c(cc3N(c3ccccc3)C2C=C1)N(c1ccccc1)c1c2c(cc3c1C1(c5ccccc5-3)C3CC5CC6CC1C563)N(c1ccccc1)c1cc3c(cc1B42)c1ccccc1n3-c1ccccc1. The van der Waals surface area contributed by atoms with Crippen molar-refractivity contribution in [3.63, 3.8) is 0 Å². The second-order valence-electron chi connectivity index (χ2n) is 23.1. The van der Waals surface area contributed by atoms with Crippen molar-refractivity contribution in [1.82, 2.24) is 4.57 Å². The summed E-state index contributed by atoms with van der Waals surface area (Å²) in [6.07, 6.45) is 13.6. The van der Waals surface area contributed by atoms with Gasteiger partial charge in [-0.2, -0.15) is 0 Å². The van der Waals surface area contributed by atoms with E-state index in [9.17, 15) is 0 Å². The Labute approximate surface area is 431 Å². The number of benzene rings is 9. The number of hydrogen-bond donors (Lipinski definition) is 0.